The van der Waals surface area contributed by atoms with Gasteiger partial charge in [-0.15, -0.1) is 0 Å². The van der Waals surface area contributed by atoms with E-state index in [0.717, 1.165) is 11.1 Å². The average molecular weight is 392 g/mol. The van der Waals surface area contributed by atoms with E-state index in [2.05, 4.69) is 4.36 Å². The number of carbonyl (C=O) groups is 1. The summed E-state index contributed by atoms with van der Waals surface area (Å²) in [6.07, 6.45) is 0.380. The Kier molecular flexibility index (Phi) is 5.29. The maximum absolute atomic E-state index is 12.9. The highest BCUT2D eigenvalue weighted by molar-refractivity contribution is 7.94. The summed E-state index contributed by atoms with van der Waals surface area (Å²) < 4.78 is 41.4. The normalized spacial score (nSPS) is 19.1. The van der Waals surface area contributed by atoms with Crippen LogP contribution in [0.1, 0.15) is 23.1 Å². The minimum atomic E-state index is -3.43. The SMILES string of the molecule is Cc1cccc(CS(=O)(=O)CCC(=O)N=S2(=O)CCc3ccccc32)c1. The fraction of sp³-hybridized carbons (Fsp3) is 0.316. The number of nitrogens with zero attached hydrogens (tertiary/aromatic N) is 1. The Labute approximate surface area is 154 Å². The lowest BCUT2D eigenvalue weighted by Gasteiger charge is -2.05. The van der Waals surface area contributed by atoms with Crippen LogP contribution in [-0.4, -0.2) is 30.0 Å². The summed E-state index contributed by atoms with van der Waals surface area (Å²) in [5.41, 5.74) is 2.63. The fourth-order valence-electron chi connectivity index (χ4n) is 3.06. The second kappa shape index (κ2) is 7.32. The van der Waals surface area contributed by atoms with Gasteiger partial charge in [-0.25, -0.2) is 12.6 Å². The van der Waals surface area contributed by atoms with Gasteiger partial charge in [-0.2, -0.15) is 4.36 Å². The van der Waals surface area contributed by atoms with Crippen molar-refractivity contribution in [1.82, 2.24) is 0 Å². The zero-order valence-corrected chi connectivity index (χ0v) is 16.2. The molecule has 0 fully saturated rings. The molecule has 1 aliphatic rings. The van der Waals surface area contributed by atoms with Crippen molar-refractivity contribution in [3.05, 3.63) is 65.2 Å². The van der Waals surface area contributed by atoms with Gasteiger partial charge in [0, 0.05) is 12.2 Å². The van der Waals surface area contributed by atoms with Crippen LogP contribution in [0.15, 0.2) is 57.8 Å². The third kappa shape index (κ3) is 4.40. The molecule has 0 N–H and O–H groups in total. The van der Waals surface area contributed by atoms with E-state index in [0.29, 0.717) is 22.6 Å². The monoisotopic (exact) mass is 391 g/mol. The van der Waals surface area contributed by atoms with Crippen molar-refractivity contribution in [3.63, 3.8) is 0 Å². The molecular formula is C19H21NO4S2. The van der Waals surface area contributed by atoms with Gasteiger partial charge in [-0.3, -0.25) is 4.79 Å². The van der Waals surface area contributed by atoms with Gasteiger partial charge in [-0.05, 0) is 30.5 Å². The Morgan fingerprint density at radius 2 is 1.92 bits per heavy atom. The van der Waals surface area contributed by atoms with Crippen molar-refractivity contribution in [1.29, 1.82) is 0 Å². The van der Waals surface area contributed by atoms with E-state index in [1.54, 1.807) is 18.2 Å². The number of aryl methyl sites for hydroxylation is 2. The maximum atomic E-state index is 12.9. The van der Waals surface area contributed by atoms with Gasteiger partial charge in [0.25, 0.3) is 5.91 Å². The van der Waals surface area contributed by atoms with Gasteiger partial charge in [0.05, 0.1) is 26.1 Å². The third-order valence-corrected chi connectivity index (χ3v) is 8.25. The predicted molar refractivity (Wildman–Crippen MR) is 102 cm³/mol. The van der Waals surface area contributed by atoms with Crippen LogP contribution in [0.25, 0.3) is 0 Å². The van der Waals surface area contributed by atoms with E-state index in [9.17, 15) is 17.4 Å². The molecule has 138 valence electrons. The summed E-state index contributed by atoms with van der Waals surface area (Å²) in [5.74, 6) is -0.700. The van der Waals surface area contributed by atoms with Gasteiger partial charge in [-0.1, -0.05) is 48.0 Å². The Balaban J connectivity index is 1.68. The number of sulfone groups is 1. The van der Waals surface area contributed by atoms with Crippen LogP contribution in [0.4, 0.5) is 0 Å². The molecular weight excluding hydrogens is 370 g/mol. The van der Waals surface area contributed by atoms with Crippen LogP contribution in [0.5, 0.6) is 0 Å². The minimum absolute atomic E-state index is 0.111. The van der Waals surface area contributed by atoms with Crippen LogP contribution in [-0.2, 0) is 36.5 Å². The molecule has 0 radical (unpaired) electrons. The number of benzene rings is 2. The lowest BCUT2D eigenvalue weighted by atomic mass is 10.2. The molecule has 26 heavy (non-hydrogen) atoms. The van der Waals surface area contributed by atoms with Gasteiger partial charge < -0.3 is 0 Å². The molecule has 1 atom stereocenters. The van der Waals surface area contributed by atoms with Crippen LogP contribution < -0.4 is 0 Å². The quantitative estimate of drug-likeness (QED) is 0.785. The standard InChI is InChI=1S/C19H21NO4S2/c1-15-5-4-6-16(13-15)14-25(22,23)11-10-19(21)20-26(24)12-9-17-7-2-3-8-18(17)26/h2-8,13H,9-12,14H2,1H3. The molecule has 1 aliphatic heterocycles. The van der Waals surface area contributed by atoms with Crippen molar-refractivity contribution < 1.29 is 17.4 Å². The van der Waals surface area contributed by atoms with Gasteiger partial charge >= 0.3 is 0 Å². The minimum Gasteiger partial charge on any atom is -0.272 e. The Hall–Kier alpha value is -1.99. The molecule has 0 saturated carbocycles. The molecule has 3 rings (SSSR count). The number of hydrogen-bond acceptors (Lipinski definition) is 4. The molecule has 5 nitrogen and oxygen atoms in total. The first kappa shape index (κ1) is 18.8. The number of rotatable bonds is 5. The second-order valence-electron chi connectivity index (χ2n) is 6.52. The number of carbonyl (C=O) groups excluding carboxylic acids is 1. The van der Waals surface area contributed by atoms with E-state index >= 15 is 0 Å². The molecule has 0 spiro atoms. The van der Waals surface area contributed by atoms with Crippen molar-refractivity contribution >= 4 is 25.5 Å². The smallest absolute Gasteiger partial charge is 0.255 e. The Morgan fingerprint density at radius 1 is 1.15 bits per heavy atom. The molecule has 2 aromatic carbocycles. The molecule has 1 amide bonds. The molecule has 0 aliphatic carbocycles. The number of amides is 1. The molecule has 0 saturated heterocycles. The van der Waals surface area contributed by atoms with E-state index < -0.39 is 25.5 Å². The van der Waals surface area contributed by atoms with E-state index in [4.69, 9.17) is 0 Å². The second-order valence-corrected chi connectivity index (χ2v) is 11.0. The van der Waals surface area contributed by atoms with Crippen molar-refractivity contribution in [3.8, 4) is 0 Å². The number of fused-ring (bicyclic) bond motifs is 1. The average Bonchev–Trinajstić information content (AvgIpc) is 2.90. The largest absolute Gasteiger partial charge is 0.272 e. The topological polar surface area (TPSA) is 80.6 Å². The van der Waals surface area contributed by atoms with Crippen LogP contribution in [0.3, 0.4) is 0 Å². The van der Waals surface area contributed by atoms with Crippen molar-refractivity contribution in [2.24, 2.45) is 4.36 Å². The highest BCUT2D eigenvalue weighted by Crippen LogP contribution is 2.27. The van der Waals surface area contributed by atoms with E-state index in [1.807, 2.05) is 37.3 Å². The first-order valence-corrected chi connectivity index (χ1v) is 11.9. The maximum Gasteiger partial charge on any atom is 0.255 e. The first-order chi connectivity index (χ1) is 12.3. The third-order valence-electron chi connectivity index (χ3n) is 4.31. The summed E-state index contributed by atoms with van der Waals surface area (Å²) in [6.45, 7) is 1.90. The summed E-state index contributed by atoms with van der Waals surface area (Å²) in [5, 5.41) is 0. The van der Waals surface area contributed by atoms with Gasteiger partial charge in [0.2, 0.25) is 0 Å². The molecule has 7 heteroatoms. The molecule has 1 unspecified atom stereocenters. The lowest BCUT2D eigenvalue weighted by Crippen LogP contribution is -2.14. The van der Waals surface area contributed by atoms with Gasteiger partial charge in [0.15, 0.2) is 9.84 Å². The molecule has 0 aromatic heterocycles. The first-order valence-electron chi connectivity index (χ1n) is 8.39. The van der Waals surface area contributed by atoms with Crippen LogP contribution in [0, 0.1) is 6.92 Å². The van der Waals surface area contributed by atoms with Crippen LogP contribution in [0.2, 0.25) is 0 Å². The van der Waals surface area contributed by atoms with E-state index in [-0.39, 0.29) is 17.9 Å². The van der Waals surface area contributed by atoms with Crippen LogP contribution >= 0.6 is 0 Å². The fourth-order valence-corrected chi connectivity index (χ4v) is 6.57. The zero-order valence-electron chi connectivity index (χ0n) is 14.6. The van der Waals surface area contributed by atoms with Gasteiger partial charge in [0.1, 0.15) is 0 Å². The highest BCUT2D eigenvalue weighted by Gasteiger charge is 2.25. The Bertz CT molecular complexity index is 1060. The summed E-state index contributed by atoms with van der Waals surface area (Å²) in [4.78, 5) is 12.8. The lowest BCUT2D eigenvalue weighted by molar-refractivity contribution is -0.117. The highest BCUT2D eigenvalue weighted by atomic mass is 32.2. The summed E-state index contributed by atoms with van der Waals surface area (Å²) >= 11 is 0. The molecule has 2 aromatic rings. The van der Waals surface area contributed by atoms with Crippen molar-refractivity contribution in [2.75, 3.05) is 11.5 Å². The molecule has 1 heterocycles. The summed E-state index contributed by atoms with van der Waals surface area (Å²) in [6, 6.07) is 14.5. The van der Waals surface area contributed by atoms with Crippen molar-refractivity contribution in [2.45, 2.75) is 30.4 Å². The molecule has 0 bridgehead atoms. The predicted octanol–water partition coefficient (Wildman–Crippen LogP) is 2.91. The van der Waals surface area contributed by atoms with E-state index in [1.165, 1.54) is 0 Å². The Morgan fingerprint density at radius 3 is 2.69 bits per heavy atom. The zero-order chi connectivity index (χ0) is 18.8. The number of hydrogen-bond donors (Lipinski definition) is 0. The summed E-state index contributed by atoms with van der Waals surface area (Å²) in [7, 11) is -6.20.